The molecule has 0 aliphatic heterocycles. The maximum absolute atomic E-state index is 9.07. The molecule has 0 aromatic heterocycles. The van der Waals surface area contributed by atoms with E-state index in [1.54, 1.807) is 0 Å². The molecule has 22 valence electrons. The van der Waals surface area contributed by atoms with Crippen LogP contribution >= 0.6 is 6.93 Å². The summed E-state index contributed by atoms with van der Waals surface area (Å²) >= 11 is -1.12. The molecule has 0 amide bonds. The third-order valence-corrected chi connectivity index (χ3v) is 0.412. The van der Waals surface area contributed by atoms with Crippen LogP contribution in [0, 0.1) is 0 Å². The third kappa shape index (κ3) is 2.48. The average Bonchev–Trinajstić information content (AvgIpc) is 1.37. The van der Waals surface area contributed by atoms with Gasteiger partial charge in [-0.1, -0.05) is 0 Å². The third-order valence-electron chi connectivity index (χ3n) is 0.0333. The van der Waals surface area contributed by atoms with Gasteiger partial charge in [-0.2, -0.15) is 0 Å². The Morgan fingerprint density at radius 3 is 2.00 bits per heavy atom. The molecule has 0 radical (unpaired) electrons. The summed E-state index contributed by atoms with van der Waals surface area (Å²) in [6, 6.07) is 0. The van der Waals surface area contributed by atoms with Crippen molar-refractivity contribution in [1.29, 1.82) is 0 Å². The van der Waals surface area contributed by atoms with Crippen LogP contribution in [-0.2, 0) is 24.0 Å². The van der Waals surface area contributed by atoms with E-state index >= 15 is 0 Å². The molecule has 0 spiro atoms. The second kappa shape index (κ2) is 3.48. The van der Waals surface area contributed by atoms with Crippen molar-refractivity contribution in [3.05, 3.63) is 0 Å². The fraction of sp³-hybridized carbons (Fsp3) is 0. The molecular formula is O2PV. The van der Waals surface area contributed by atoms with Gasteiger partial charge in [0.15, 0.2) is 0 Å². The summed E-state index contributed by atoms with van der Waals surface area (Å²) in [5, 5.41) is 0. The summed E-state index contributed by atoms with van der Waals surface area (Å²) in [6.07, 6.45) is 0. The van der Waals surface area contributed by atoms with E-state index in [0.717, 1.165) is 0 Å². The van der Waals surface area contributed by atoms with Gasteiger partial charge in [0.25, 0.3) is 0 Å². The topological polar surface area (TPSA) is 34.1 Å². The van der Waals surface area contributed by atoms with E-state index in [9.17, 15) is 0 Å². The van der Waals surface area contributed by atoms with E-state index in [2.05, 4.69) is 0 Å². The summed E-state index contributed by atoms with van der Waals surface area (Å²) in [7, 11) is 0. The van der Waals surface area contributed by atoms with Gasteiger partial charge in [0.1, 0.15) is 0 Å². The molecule has 0 aliphatic rings. The standard InChI is InChI=1S/OP.O.V/c1-2;;/q-1;;+1. The molecule has 0 atom stereocenters. The van der Waals surface area contributed by atoms with E-state index in [0.29, 0.717) is 0 Å². The zero-order chi connectivity index (χ0) is 3.41. The van der Waals surface area contributed by atoms with Crippen molar-refractivity contribution in [2.24, 2.45) is 0 Å². The van der Waals surface area contributed by atoms with Gasteiger partial charge in [-0.25, -0.2) is 0 Å². The van der Waals surface area contributed by atoms with E-state index in [-0.39, 0.29) is 6.93 Å². The van der Waals surface area contributed by atoms with Crippen molar-refractivity contribution in [3.8, 4) is 0 Å². The molecule has 0 aliphatic carbocycles. The second-order valence-electron chi connectivity index (χ2n) is 0.163. The van der Waals surface area contributed by atoms with E-state index in [4.69, 9.17) is 8.24 Å². The number of rotatable bonds is 1. The second-order valence-corrected chi connectivity index (χ2v) is 2.02. The SMILES string of the molecule is O=[P][V]=[O]. The van der Waals surface area contributed by atoms with Crippen molar-refractivity contribution in [2.45, 2.75) is 0 Å². The first-order valence-electron chi connectivity index (χ1n) is 0.565. The van der Waals surface area contributed by atoms with Crippen LogP contribution in [0.4, 0.5) is 0 Å². The van der Waals surface area contributed by atoms with Gasteiger partial charge in [0.2, 0.25) is 0 Å². The van der Waals surface area contributed by atoms with Gasteiger partial charge in [-0.3, -0.25) is 0 Å². The molecular weight excluding hydrogens is 114 g/mol. The van der Waals surface area contributed by atoms with Crippen LogP contribution in [0.1, 0.15) is 0 Å². The van der Waals surface area contributed by atoms with Crippen molar-refractivity contribution in [3.63, 3.8) is 0 Å². The van der Waals surface area contributed by atoms with Crippen LogP contribution in [0.5, 0.6) is 0 Å². The van der Waals surface area contributed by atoms with Crippen LogP contribution in [0.2, 0.25) is 0 Å². The Hall–Kier alpha value is 0.484. The molecule has 0 bridgehead atoms. The fourth-order valence-electron chi connectivity index (χ4n) is 0. The van der Waals surface area contributed by atoms with Gasteiger partial charge in [0, 0.05) is 0 Å². The summed E-state index contributed by atoms with van der Waals surface area (Å²) in [5.41, 5.74) is 0. The predicted octanol–water partition coefficient (Wildman–Crippen LogP) is 0.621. The quantitative estimate of drug-likeness (QED) is 0.468. The number of hydrogen-bond donors (Lipinski definition) is 0. The first-order valence-corrected chi connectivity index (χ1v) is 3.77. The van der Waals surface area contributed by atoms with E-state index < -0.39 is 15.8 Å². The maximum atomic E-state index is 9.07. The van der Waals surface area contributed by atoms with Crippen molar-refractivity contribution >= 4 is 6.93 Å². The van der Waals surface area contributed by atoms with Gasteiger partial charge < -0.3 is 0 Å². The molecule has 0 aromatic carbocycles. The fourth-order valence-corrected chi connectivity index (χ4v) is 0. The average molecular weight is 114 g/mol. The zero-order valence-electron chi connectivity index (χ0n) is 1.71. The summed E-state index contributed by atoms with van der Waals surface area (Å²) in [6.45, 7) is -0.213. The normalized spacial score (nSPS) is 7.00. The monoisotopic (exact) mass is 114 g/mol. The molecule has 0 saturated carbocycles. The van der Waals surface area contributed by atoms with Gasteiger partial charge >= 0.3 is 30.9 Å². The molecule has 0 aromatic rings. The van der Waals surface area contributed by atoms with Crippen LogP contribution in [-0.4, -0.2) is 0 Å². The first-order chi connectivity index (χ1) is 1.91. The molecule has 4 heteroatoms. The molecule has 4 heavy (non-hydrogen) atoms. The molecule has 0 unspecified atom stereocenters. The van der Waals surface area contributed by atoms with Gasteiger partial charge in [-0.05, 0) is 0 Å². The summed E-state index contributed by atoms with van der Waals surface area (Å²) in [5.74, 6) is 0. The van der Waals surface area contributed by atoms with Crippen LogP contribution in [0.3, 0.4) is 0 Å². The van der Waals surface area contributed by atoms with Crippen LogP contribution in [0.25, 0.3) is 0 Å². The first kappa shape index (κ1) is 4.48. The minimum absolute atomic E-state index is 0.213. The molecule has 0 N–H and O–H groups in total. The minimum atomic E-state index is -1.12. The number of hydrogen-bond acceptors (Lipinski definition) is 2. The Morgan fingerprint density at radius 2 is 2.00 bits per heavy atom. The summed E-state index contributed by atoms with van der Waals surface area (Å²) < 4.78 is 18.1. The van der Waals surface area contributed by atoms with Gasteiger partial charge in [-0.15, -0.1) is 0 Å². The molecule has 0 heterocycles. The Kier molecular flexibility index (Phi) is 3.91. The predicted molar refractivity (Wildman–Crippen MR) is 8.29 cm³/mol. The molecule has 0 saturated heterocycles. The van der Waals surface area contributed by atoms with Crippen molar-refractivity contribution in [1.82, 2.24) is 0 Å². The van der Waals surface area contributed by atoms with Crippen molar-refractivity contribution < 1.29 is 24.0 Å². The molecule has 2 nitrogen and oxygen atoms in total. The Labute approximate surface area is 31.6 Å². The Bertz CT molecular complexity index is 27.0. The van der Waals surface area contributed by atoms with Crippen LogP contribution < -0.4 is 0 Å². The summed E-state index contributed by atoms with van der Waals surface area (Å²) in [4.78, 5) is 0. The molecule has 0 rings (SSSR count). The van der Waals surface area contributed by atoms with E-state index in [1.807, 2.05) is 0 Å². The van der Waals surface area contributed by atoms with Gasteiger partial charge in [0.05, 0.1) is 0 Å². The molecule has 0 fully saturated rings. The van der Waals surface area contributed by atoms with Crippen LogP contribution in [0.15, 0.2) is 0 Å². The zero-order valence-corrected chi connectivity index (χ0v) is 4.00. The van der Waals surface area contributed by atoms with E-state index in [1.165, 1.54) is 0 Å². The van der Waals surface area contributed by atoms with Crippen molar-refractivity contribution in [2.75, 3.05) is 0 Å². The Morgan fingerprint density at radius 1 is 1.75 bits per heavy atom. The Balaban J connectivity index is 2.73.